The van der Waals surface area contributed by atoms with E-state index in [-0.39, 0.29) is 24.3 Å². The monoisotopic (exact) mass is 351 g/mol. The number of hydrogen-bond acceptors (Lipinski definition) is 3. The number of para-hydroxylation sites is 1. The topological polar surface area (TPSA) is 78.5 Å². The SMILES string of the molecule is C[C@@H]1NC(=O)c2ccccc2N(CC(=O)NCCc2ccccc2)C1=O. The van der Waals surface area contributed by atoms with E-state index in [4.69, 9.17) is 0 Å². The fourth-order valence-electron chi connectivity index (χ4n) is 2.94. The average molecular weight is 351 g/mol. The first-order valence-corrected chi connectivity index (χ1v) is 8.58. The molecule has 0 bridgehead atoms. The van der Waals surface area contributed by atoms with E-state index >= 15 is 0 Å². The van der Waals surface area contributed by atoms with E-state index in [2.05, 4.69) is 10.6 Å². The van der Waals surface area contributed by atoms with Gasteiger partial charge in [0.1, 0.15) is 12.6 Å². The second-order valence-electron chi connectivity index (χ2n) is 6.22. The van der Waals surface area contributed by atoms with E-state index in [0.29, 0.717) is 24.2 Å². The number of carbonyl (C=O) groups excluding carboxylic acids is 3. The molecule has 0 spiro atoms. The van der Waals surface area contributed by atoms with Crippen LogP contribution in [0.3, 0.4) is 0 Å². The van der Waals surface area contributed by atoms with Crippen LogP contribution in [0.4, 0.5) is 5.69 Å². The maximum atomic E-state index is 12.6. The Balaban J connectivity index is 1.68. The van der Waals surface area contributed by atoms with Crippen molar-refractivity contribution in [2.45, 2.75) is 19.4 Å². The molecule has 0 unspecified atom stereocenters. The zero-order chi connectivity index (χ0) is 18.5. The van der Waals surface area contributed by atoms with Crippen molar-refractivity contribution in [2.24, 2.45) is 0 Å². The van der Waals surface area contributed by atoms with E-state index in [1.54, 1.807) is 31.2 Å². The first-order valence-electron chi connectivity index (χ1n) is 8.58. The molecule has 1 aliphatic rings. The largest absolute Gasteiger partial charge is 0.354 e. The van der Waals surface area contributed by atoms with Crippen molar-refractivity contribution in [3.05, 3.63) is 65.7 Å². The number of anilines is 1. The summed E-state index contributed by atoms with van der Waals surface area (Å²) < 4.78 is 0. The van der Waals surface area contributed by atoms with Crippen molar-refractivity contribution in [1.82, 2.24) is 10.6 Å². The fraction of sp³-hybridized carbons (Fsp3) is 0.250. The fourth-order valence-corrected chi connectivity index (χ4v) is 2.94. The van der Waals surface area contributed by atoms with Crippen molar-refractivity contribution in [1.29, 1.82) is 0 Å². The van der Waals surface area contributed by atoms with Gasteiger partial charge in [0.05, 0.1) is 11.3 Å². The molecular weight excluding hydrogens is 330 g/mol. The van der Waals surface area contributed by atoms with E-state index in [1.165, 1.54) is 4.90 Å². The van der Waals surface area contributed by atoms with Crippen LogP contribution in [0.1, 0.15) is 22.8 Å². The summed E-state index contributed by atoms with van der Waals surface area (Å²) in [4.78, 5) is 38.6. The molecular formula is C20H21N3O3. The Labute approximate surface area is 152 Å². The van der Waals surface area contributed by atoms with Gasteiger partial charge in [0, 0.05) is 6.54 Å². The quantitative estimate of drug-likeness (QED) is 0.857. The third-order valence-corrected chi connectivity index (χ3v) is 4.30. The van der Waals surface area contributed by atoms with Crippen LogP contribution in [-0.2, 0) is 16.0 Å². The smallest absolute Gasteiger partial charge is 0.254 e. The highest BCUT2D eigenvalue weighted by Crippen LogP contribution is 2.23. The molecule has 3 rings (SSSR count). The number of benzene rings is 2. The molecule has 2 aromatic rings. The van der Waals surface area contributed by atoms with E-state index in [1.807, 2.05) is 30.3 Å². The van der Waals surface area contributed by atoms with Gasteiger partial charge in [-0.15, -0.1) is 0 Å². The van der Waals surface area contributed by atoms with Gasteiger partial charge in [0.25, 0.3) is 5.91 Å². The number of carbonyl (C=O) groups is 3. The molecule has 6 heteroatoms. The van der Waals surface area contributed by atoms with Crippen molar-refractivity contribution in [3.8, 4) is 0 Å². The predicted octanol–water partition coefficient (Wildman–Crippen LogP) is 1.51. The van der Waals surface area contributed by atoms with Crippen molar-refractivity contribution in [3.63, 3.8) is 0 Å². The summed E-state index contributed by atoms with van der Waals surface area (Å²) in [7, 11) is 0. The minimum Gasteiger partial charge on any atom is -0.354 e. The van der Waals surface area contributed by atoms with Crippen LogP contribution >= 0.6 is 0 Å². The van der Waals surface area contributed by atoms with E-state index in [9.17, 15) is 14.4 Å². The lowest BCUT2D eigenvalue weighted by molar-refractivity contribution is -0.124. The maximum absolute atomic E-state index is 12.6. The second-order valence-corrected chi connectivity index (χ2v) is 6.22. The Bertz CT molecular complexity index is 820. The summed E-state index contributed by atoms with van der Waals surface area (Å²) in [6.45, 7) is 1.98. The summed E-state index contributed by atoms with van der Waals surface area (Å²) in [5.74, 6) is -0.874. The zero-order valence-corrected chi connectivity index (χ0v) is 14.6. The normalized spacial score (nSPS) is 16.5. The lowest BCUT2D eigenvalue weighted by Gasteiger charge is -2.23. The molecule has 0 radical (unpaired) electrons. The molecule has 134 valence electrons. The van der Waals surface area contributed by atoms with Crippen molar-refractivity contribution in [2.75, 3.05) is 18.0 Å². The minimum atomic E-state index is -0.688. The van der Waals surface area contributed by atoms with Crippen molar-refractivity contribution >= 4 is 23.4 Å². The molecule has 1 heterocycles. The summed E-state index contributed by atoms with van der Waals surface area (Å²) in [6, 6.07) is 16.0. The first-order chi connectivity index (χ1) is 12.6. The standard InChI is InChI=1S/C20H21N3O3/c1-14-20(26)23(17-10-6-5-9-16(17)19(25)22-14)13-18(24)21-12-11-15-7-3-2-4-8-15/h2-10,14H,11-13H2,1H3,(H,21,24)(H,22,25)/t14-/m0/s1. The zero-order valence-electron chi connectivity index (χ0n) is 14.6. The molecule has 0 saturated heterocycles. The Hall–Kier alpha value is -3.15. The third kappa shape index (κ3) is 3.91. The van der Waals surface area contributed by atoms with Gasteiger partial charge in [-0.1, -0.05) is 42.5 Å². The third-order valence-electron chi connectivity index (χ3n) is 4.30. The summed E-state index contributed by atoms with van der Waals surface area (Å²) in [5, 5.41) is 5.49. The number of nitrogens with one attached hydrogen (secondary N) is 2. The van der Waals surface area contributed by atoms with Gasteiger partial charge in [-0.2, -0.15) is 0 Å². The molecule has 1 aliphatic heterocycles. The van der Waals surface area contributed by atoms with Gasteiger partial charge in [0.2, 0.25) is 11.8 Å². The van der Waals surface area contributed by atoms with Gasteiger partial charge in [-0.25, -0.2) is 0 Å². The predicted molar refractivity (Wildman–Crippen MR) is 98.9 cm³/mol. The molecule has 1 atom stereocenters. The molecule has 0 fully saturated rings. The lowest BCUT2D eigenvalue weighted by Crippen LogP contribution is -2.47. The molecule has 2 N–H and O–H groups in total. The van der Waals surface area contributed by atoms with Gasteiger partial charge in [-0.05, 0) is 31.0 Å². The van der Waals surface area contributed by atoms with Crippen LogP contribution in [-0.4, -0.2) is 36.9 Å². The molecule has 2 aromatic carbocycles. The Morgan fingerprint density at radius 2 is 1.77 bits per heavy atom. The van der Waals surface area contributed by atoms with Crippen LogP contribution in [0.15, 0.2) is 54.6 Å². The Morgan fingerprint density at radius 3 is 2.54 bits per heavy atom. The highest BCUT2D eigenvalue weighted by molar-refractivity contribution is 6.12. The maximum Gasteiger partial charge on any atom is 0.254 e. The van der Waals surface area contributed by atoms with Crippen LogP contribution < -0.4 is 15.5 Å². The number of hydrogen-bond donors (Lipinski definition) is 2. The first kappa shape index (κ1) is 17.7. The van der Waals surface area contributed by atoms with E-state index < -0.39 is 6.04 Å². The number of rotatable bonds is 5. The highest BCUT2D eigenvalue weighted by atomic mass is 16.2. The second kappa shape index (κ2) is 7.82. The molecule has 26 heavy (non-hydrogen) atoms. The lowest BCUT2D eigenvalue weighted by atomic mass is 10.1. The molecule has 3 amide bonds. The molecule has 0 aliphatic carbocycles. The number of amides is 3. The average Bonchev–Trinajstić information content (AvgIpc) is 2.74. The molecule has 6 nitrogen and oxygen atoms in total. The van der Waals surface area contributed by atoms with Crippen LogP contribution in [0.5, 0.6) is 0 Å². The van der Waals surface area contributed by atoms with Gasteiger partial charge < -0.3 is 15.5 Å². The van der Waals surface area contributed by atoms with Gasteiger partial charge in [-0.3, -0.25) is 14.4 Å². The van der Waals surface area contributed by atoms with E-state index in [0.717, 1.165) is 5.56 Å². The number of nitrogens with zero attached hydrogens (tertiary/aromatic N) is 1. The van der Waals surface area contributed by atoms with Crippen LogP contribution in [0.2, 0.25) is 0 Å². The molecule has 0 saturated carbocycles. The molecule has 0 aromatic heterocycles. The summed E-state index contributed by atoms with van der Waals surface area (Å²) >= 11 is 0. The Morgan fingerprint density at radius 1 is 1.08 bits per heavy atom. The van der Waals surface area contributed by atoms with Crippen LogP contribution in [0, 0.1) is 0 Å². The highest BCUT2D eigenvalue weighted by Gasteiger charge is 2.31. The minimum absolute atomic E-state index is 0.121. The van der Waals surface area contributed by atoms with Crippen LogP contribution in [0.25, 0.3) is 0 Å². The summed E-state index contributed by atoms with van der Waals surface area (Å²) in [5.41, 5.74) is 1.98. The number of fused-ring (bicyclic) bond motifs is 1. The van der Waals surface area contributed by atoms with Gasteiger partial charge in [0.15, 0.2) is 0 Å². The summed E-state index contributed by atoms with van der Waals surface area (Å²) in [6.07, 6.45) is 0.716. The van der Waals surface area contributed by atoms with Gasteiger partial charge >= 0.3 is 0 Å². The Kier molecular flexibility index (Phi) is 5.31. The van der Waals surface area contributed by atoms with Crippen molar-refractivity contribution < 1.29 is 14.4 Å².